The molecule has 0 aliphatic rings. The van der Waals surface area contributed by atoms with Gasteiger partial charge in [-0.3, -0.25) is 0 Å². The molecule has 0 aromatic heterocycles. The molecule has 14 rings (SSSR count). The number of fused-ring (bicyclic) bond motifs is 3. The predicted octanol–water partition coefficient (Wildman–Crippen LogP) is 17.6. The lowest BCUT2D eigenvalue weighted by molar-refractivity contribution is 1.64. The van der Waals surface area contributed by atoms with Crippen molar-refractivity contribution < 1.29 is 0 Å². The van der Waals surface area contributed by atoms with E-state index in [9.17, 15) is 0 Å². The van der Waals surface area contributed by atoms with Crippen molar-refractivity contribution in [3.63, 3.8) is 0 Å². The van der Waals surface area contributed by atoms with Crippen LogP contribution in [-0.4, -0.2) is 0 Å². The highest BCUT2D eigenvalue weighted by molar-refractivity contribution is 6.29. The van der Waals surface area contributed by atoms with E-state index in [4.69, 9.17) is 0 Å². The molecule has 62 heavy (non-hydrogen) atoms. The zero-order valence-corrected chi connectivity index (χ0v) is 33.8. The normalized spacial score (nSPS) is 12.2. The van der Waals surface area contributed by atoms with Crippen molar-refractivity contribution in [2.24, 2.45) is 0 Å². The third-order valence-electron chi connectivity index (χ3n) is 14.0. The van der Waals surface area contributed by atoms with Crippen LogP contribution in [0, 0.1) is 0 Å². The number of hydrogen-bond donors (Lipinski definition) is 0. The monoisotopic (exact) mass is 780 g/mol. The molecule has 0 saturated heterocycles. The van der Waals surface area contributed by atoms with Gasteiger partial charge in [-0.05, 0) is 148 Å². The van der Waals surface area contributed by atoms with Crippen LogP contribution in [0.2, 0.25) is 0 Å². The first-order chi connectivity index (χ1) is 30.8. The molecule has 0 spiro atoms. The summed E-state index contributed by atoms with van der Waals surface area (Å²) in [5.41, 5.74) is 10.0. The minimum absolute atomic E-state index is 1.24. The number of rotatable bonds is 4. The first-order valence-electron chi connectivity index (χ1n) is 21.7. The Bertz CT molecular complexity index is 4110. The summed E-state index contributed by atoms with van der Waals surface area (Å²) >= 11 is 0. The van der Waals surface area contributed by atoms with E-state index in [1.54, 1.807) is 0 Å². The summed E-state index contributed by atoms with van der Waals surface area (Å²) in [6, 6.07) is 82.2. The SMILES string of the molecule is c1ccc2c(-c3c(-c4ccc5ccc6cccc7ccc4c5c67)cc(-c4ccc(-c5ccc6ccc7cccc8ccc5c6c78)c5ccccc45)c4ccccc34)cccc2c1. The standard InChI is InChI=1S/C62H36/c1-2-16-44-37(10-1)11-9-21-52(44)62-53-20-6-5-19-47(53)56(36-57(62)51-31-27-43-25-23-39-13-8-15-41-29-33-55(51)61(43)59(39)41)50-35-34-48(45-17-3-4-18-46(45)50)49-30-26-42-24-22-38-12-7-14-40-28-32-54(49)60(42)58(38)40/h1-36H. The zero-order chi connectivity index (χ0) is 40.5. The molecule has 0 nitrogen and oxygen atoms in total. The topological polar surface area (TPSA) is 0 Å². The van der Waals surface area contributed by atoms with E-state index in [0.717, 1.165) is 0 Å². The van der Waals surface area contributed by atoms with Gasteiger partial charge in [0.2, 0.25) is 0 Å². The van der Waals surface area contributed by atoms with Gasteiger partial charge in [0, 0.05) is 0 Å². The Morgan fingerprint density at radius 2 is 0.516 bits per heavy atom. The average molecular weight is 781 g/mol. The van der Waals surface area contributed by atoms with Crippen molar-refractivity contribution in [2.45, 2.75) is 0 Å². The molecule has 0 heteroatoms. The maximum absolute atomic E-state index is 2.52. The van der Waals surface area contributed by atoms with Gasteiger partial charge in [-0.2, -0.15) is 0 Å². The highest BCUT2D eigenvalue weighted by atomic mass is 14.3. The summed E-state index contributed by atoms with van der Waals surface area (Å²) in [7, 11) is 0. The molecule has 284 valence electrons. The van der Waals surface area contributed by atoms with Crippen LogP contribution in [0.4, 0.5) is 0 Å². The zero-order valence-electron chi connectivity index (χ0n) is 33.8. The molecule has 0 fully saturated rings. The van der Waals surface area contributed by atoms with Gasteiger partial charge >= 0.3 is 0 Å². The largest absolute Gasteiger partial charge is 0.0616 e. The Morgan fingerprint density at radius 3 is 1.10 bits per heavy atom. The van der Waals surface area contributed by atoms with Gasteiger partial charge in [-0.1, -0.05) is 212 Å². The van der Waals surface area contributed by atoms with Crippen LogP contribution >= 0.6 is 0 Å². The van der Waals surface area contributed by atoms with Crippen LogP contribution in [0.1, 0.15) is 0 Å². The van der Waals surface area contributed by atoms with E-state index >= 15 is 0 Å². The van der Waals surface area contributed by atoms with Gasteiger partial charge in [0.15, 0.2) is 0 Å². The Hall–Kier alpha value is -8.06. The second kappa shape index (κ2) is 12.7. The quantitative estimate of drug-likeness (QED) is 0.156. The minimum atomic E-state index is 1.24. The van der Waals surface area contributed by atoms with Crippen molar-refractivity contribution in [2.75, 3.05) is 0 Å². The van der Waals surface area contributed by atoms with Crippen molar-refractivity contribution >= 4 is 97.0 Å². The van der Waals surface area contributed by atoms with E-state index in [1.807, 2.05) is 0 Å². The Morgan fingerprint density at radius 1 is 0.161 bits per heavy atom. The van der Waals surface area contributed by atoms with Crippen molar-refractivity contribution in [3.8, 4) is 44.5 Å². The van der Waals surface area contributed by atoms with E-state index in [-0.39, 0.29) is 0 Å². The van der Waals surface area contributed by atoms with E-state index in [1.165, 1.54) is 141 Å². The van der Waals surface area contributed by atoms with Gasteiger partial charge in [0.1, 0.15) is 0 Å². The number of hydrogen-bond acceptors (Lipinski definition) is 0. The van der Waals surface area contributed by atoms with Crippen molar-refractivity contribution in [1.82, 2.24) is 0 Å². The van der Waals surface area contributed by atoms with Gasteiger partial charge < -0.3 is 0 Å². The summed E-state index contributed by atoms with van der Waals surface area (Å²) in [4.78, 5) is 0. The first kappa shape index (κ1) is 33.7. The molecule has 0 aliphatic carbocycles. The van der Waals surface area contributed by atoms with Crippen LogP contribution < -0.4 is 0 Å². The Balaban J connectivity index is 1.08. The maximum Gasteiger partial charge on any atom is -0.00199 e. The smallest absolute Gasteiger partial charge is 0.00199 e. The fourth-order valence-corrected chi connectivity index (χ4v) is 11.3. The third-order valence-corrected chi connectivity index (χ3v) is 14.0. The molecule has 0 heterocycles. The summed E-state index contributed by atoms with van der Waals surface area (Å²) in [6.45, 7) is 0. The second-order valence-corrected chi connectivity index (χ2v) is 17.1. The summed E-state index contributed by atoms with van der Waals surface area (Å²) in [5.74, 6) is 0. The number of benzene rings is 14. The molecule has 0 radical (unpaired) electrons. The van der Waals surface area contributed by atoms with Crippen LogP contribution in [0.15, 0.2) is 218 Å². The molecular weight excluding hydrogens is 745 g/mol. The summed E-state index contributed by atoms with van der Waals surface area (Å²) in [5, 5.41) is 23.1. The van der Waals surface area contributed by atoms with E-state index in [2.05, 4.69) is 218 Å². The van der Waals surface area contributed by atoms with Crippen LogP contribution in [0.3, 0.4) is 0 Å². The molecule has 14 aromatic rings. The Labute approximate surface area is 358 Å². The lowest BCUT2D eigenvalue weighted by Crippen LogP contribution is -1.95. The highest BCUT2D eigenvalue weighted by Crippen LogP contribution is 2.50. The molecule has 0 N–H and O–H groups in total. The first-order valence-corrected chi connectivity index (χ1v) is 21.7. The molecule has 0 amide bonds. The fourth-order valence-electron chi connectivity index (χ4n) is 11.3. The highest BCUT2D eigenvalue weighted by Gasteiger charge is 2.23. The molecule has 0 bridgehead atoms. The lowest BCUT2D eigenvalue weighted by Gasteiger charge is -2.22. The third kappa shape index (κ3) is 4.67. The van der Waals surface area contributed by atoms with Crippen LogP contribution in [0.25, 0.3) is 141 Å². The van der Waals surface area contributed by atoms with E-state index in [0.29, 0.717) is 0 Å². The van der Waals surface area contributed by atoms with Crippen molar-refractivity contribution in [1.29, 1.82) is 0 Å². The van der Waals surface area contributed by atoms with Gasteiger partial charge in [0.25, 0.3) is 0 Å². The molecule has 0 atom stereocenters. The predicted molar refractivity (Wildman–Crippen MR) is 268 cm³/mol. The molecule has 14 aromatic carbocycles. The molecule has 0 unspecified atom stereocenters. The molecular formula is C62H36. The average Bonchev–Trinajstić information content (AvgIpc) is 3.34. The van der Waals surface area contributed by atoms with Crippen LogP contribution in [-0.2, 0) is 0 Å². The molecule has 0 aliphatic heterocycles. The lowest BCUT2D eigenvalue weighted by atomic mass is 9.81. The van der Waals surface area contributed by atoms with Gasteiger partial charge in [0.05, 0.1) is 0 Å². The van der Waals surface area contributed by atoms with Gasteiger partial charge in [-0.25, -0.2) is 0 Å². The van der Waals surface area contributed by atoms with Crippen molar-refractivity contribution in [3.05, 3.63) is 218 Å². The van der Waals surface area contributed by atoms with E-state index < -0.39 is 0 Å². The maximum atomic E-state index is 2.52. The summed E-state index contributed by atoms with van der Waals surface area (Å²) < 4.78 is 0. The summed E-state index contributed by atoms with van der Waals surface area (Å²) in [6.07, 6.45) is 0. The Kier molecular flexibility index (Phi) is 6.92. The second-order valence-electron chi connectivity index (χ2n) is 17.1. The van der Waals surface area contributed by atoms with Crippen LogP contribution in [0.5, 0.6) is 0 Å². The van der Waals surface area contributed by atoms with Gasteiger partial charge in [-0.15, -0.1) is 0 Å². The fraction of sp³-hybridized carbons (Fsp3) is 0. The minimum Gasteiger partial charge on any atom is -0.0616 e. The molecule has 0 saturated carbocycles.